The highest BCUT2D eigenvalue weighted by atomic mass is 19.1. The first kappa shape index (κ1) is 17.2. The molecule has 26 heavy (non-hydrogen) atoms. The summed E-state index contributed by atoms with van der Waals surface area (Å²) >= 11 is 0. The number of carbonyl (C=O) groups excluding carboxylic acids is 1. The van der Waals surface area contributed by atoms with Gasteiger partial charge in [0.05, 0.1) is 0 Å². The van der Waals surface area contributed by atoms with Crippen LogP contribution >= 0.6 is 0 Å². The Morgan fingerprint density at radius 2 is 1.85 bits per heavy atom. The summed E-state index contributed by atoms with van der Waals surface area (Å²) in [5.74, 6) is -1.45. The number of aliphatic carboxylic acids is 1. The molecule has 0 fully saturated rings. The van der Waals surface area contributed by atoms with Crippen LogP contribution in [0, 0.1) is 5.82 Å². The lowest BCUT2D eigenvalue weighted by molar-refractivity contribution is -0.131. The number of anilines is 1. The first-order chi connectivity index (χ1) is 12.5. The van der Waals surface area contributed by atoms with E-state index >= 15 is 0 Å². The van der Waals surface area contributed by atoms with Gasteiger partial charge in [-0.1, -0.05) is 24.3 Å². The Hall–Kier alpha value is -3.67. The van der Waals surface area contributed by atoms with Gasteiger partial charge in [0.1, 0.15) is 11.6 Å². The van der Waals surface area contributed by atoms with Gasteiger partial charge in [-0.15, -0.1) is 0 Å². The summed E-state index contributed by atoms with van der Waals surface area (Å²) in [6, 6.07) is 15.7. The summed E-state index contributed by atoms with van der Waals surface area (Å²) in [4.78, 5) is 22.9. The number of carboxylic acids is 1. The zero-order valence-corrected chi connectivity index (χ0v) is 13.5. The number of benzene rings is 2. The lowest BCUT2D eigenvalue weighted by atomic mass is 10.2. The van der Waals surface area contributed by atoms with E-state index in [-0.39, 0.29) is 5.76 Å². The van der Waals surface area contributed by atoms with E-state index in [4.69, 9.17) is 9.52 Å². The van der Waals surface area contributed by atoms with E-state index in [1.54, 1.807) is 42.5 Å². The van der Waals surface area contributed by atoms with Gasteiger partial charge in [0.2, 0.25) is 0 Å². The first-order valence-electron chi connectivity index (χ1n) is 7.69. The third-order valence-corrected chi connectivity index (χ3v) is 3.50. The summed E-state index contributed by atoms with van der Waals surface area (Å²) in [5.41, 5.74) is 1.65. The molecule has 1 amide bonds. The molecule has 2 aromatic carbocycles. The van der Waals surface area contributed by atoms with E-state index < -0.39 is 17.7 Å². The molecule has 1 aromatic heterocycles. The fraction of sp³-hybridized carbons (Fsp3) is 0. The molecule has 0 unspecified atom stereocenters. The van der Waals surface area contributed by atoms with Crippen molar-refractivity contribution in [2.24, 2.45) is 0 Å². The van der Waals surface area contributed by atoms with Crippen LogP contribution in [0.1, 0.15) is 16.1 Å². The van der Waals surface area contributed by atoms with E-state index in [1.807, 2.05) is 0 Å². The normalized spacial score (nSPS) is 10.8. The molecule has 0 aliphatic rings. The average Bonchev–Trinajstić information content (AvgIpc) is 3.11. The smallest absolute Gasteiger partial charge is 0.328 e. The molecule has 0 atom stereocenters. The maximum Gasteiger partial charge on any atom is 0.328 e. The molecule has 0 aliphatic heterocycles. The molecule has 0 spiro atoms. The van der Waals surface area contributed by atoms with E-state index in [1.165, 1.54) is 24.3 Å². The summed E-state index contributed by atoms with van der Waals surface area (Å²) in [5, 5.41) is 11.3. The van der Waals surface area contributed by atoms with Gasteiger partial charge in [-0.05, 0) is 48.0 Å². The van der Waals surface area contributed by atoms with Gasteiger partial charge in [-0.2, -0.15) is 0 Å². The number of amides is 1. The number of hydrogen-bond acceptors (Lipinski definition) is 3. The number of hydrogen-bond donors (Lipinski definition) is 2. The standard InChI is InChI=1S/C20H14FNO4/c21-15-5-2-4-14(12-15)17-8-9-18(26-17)20(25)22-16-6-1-3-13(11-16)7-10-19(23)24/h1-12H,(H,22,25)(H,23,24)/b10-7+. The van der Waals surface area contributed by atoms with Crippen molar-refractivity contribution < 1.29 is 23.5 Å². The molecule has 1 heterocycles. The van der Waals surface area contributed by atoms with E-state index in [0.717, 1.165) is 6.08 Å². The van der Waals surface area contributed by atoms with Gasteiger partial charge in [0.15, 0.2) is 5.76 Å². The quantitative estimate of drug-likeness (QED) is 0.666. The molecule has 0 aliphatic carbocycles. The maximum atomic E-state index is 13.3. The van der Waals surface area contributed by atoms with Crippen LogP contribution in [-0.2, 0) is 4.79 Å². The Kier molecular flexibility index (Phi) is 4.94. The molecule has 0 bridgehead atoms. The molecule has 0 saturated carbocycles. The minimum Gasteiger partial charge on any atom is -0.478 e. The number of furan rings is 1. The molecule has 0 saturated heterocycles. The molecule has 2 N–H and O–H groups in total. The average molecular weight is 351 g/mol. The lowest BCUT2D eigenvalue weighted by Crippen LogP contribution is -2.10. The molecular weight excluding hydrogens is 337 g/mol. The second-order valence-electron chi connectivity index (χ2n) is 5.43. The van der Waals surface area contributed by atoms with Crippen LogP contribution in [0.25, 0.3) is 17.4 Å². The molecular formula is C20H14FNO4. The van der Waals surface area contributed by atoms with Crippen LogP contribution in [0.15, 0.2) is 71.2 Å². The molecule has 130 valence electrons. The predicted octanol–water partition coefficient (Wildman–Crippen LogP) is 4.44. The van der Waals surface area contributed by atoms with E-state index in [0.29, 0.717) is 22.6 Å². The highest BCUT2D eigenvalue weighted by Gasteiger charge is 2.13. The Balaban J connectivity index is 1.75. The van der Waals surface area contributed by atoms with Gasteiger partial charge in [0.25, 0.3) is 5.91 Å². The Labute approximate surface area is 148 Å². The van der Waals surface area contributed by atoms with Crippen molar-refractivity contribution in [1.82, 2.24) is 0 Å². The zero-order valence-electron chi connectivity index (χ0n) is 13.5. The van der Waals surface area contributed by atoms with Gasteiger partial charge < -0.3 is 14.8 Å². The number of rotatable bonds is 5. The number of halogens is 1. The summed E-state index contributed by atoms with van der Waals surface area (Å²) in [6.07, 6.45) is 2.44. The highest BCUT2D eigenvalue weighted by Crippen LogP contribution is 2.23. The van der Waals surface area contributed by atoms with Crippen LogP contribution < -0.4 is 5.32 Å². The van der Waals surface area contributed by atoms with E-state index in [2.05, 4.69) is 5.32 Å². The predicted molar refractivity (Wildman–Crippen MR) is 95.2 cm³/mol. The molecule has 0 radical (unpaired) electrons. The molecule has 6 heteroatoms. The highest BCUT2D eigenvalue weighted by molar-refractivity contribution is 6.02. The third kappa shape index (κ3) is 4.24. The first-order valence-corrected chi connectivity index (χ1v) is 7.69. The topological polar surface area (TPSA) is 79.5 Å². The lowest BCUT2D eigenvalue weighted by Gasteiger charge is -2.04. The van der Waals surface area contributed by atoms with Crippen LogP contribution in [-0.4, -0.2) is 17.0 Å². The van der Waals surface area contributed by atoms with Gasteiger partial charge >= 0.3 is 5.97 Å². The fourth-order valence-corrected chi connectivity index (χ4v) is 2.34. The fourth-order valence-electron chi connectivity index (χ4n) is 2.34. The van der Waals surface area contributed by atoms with Crippen molar-refractivity contribution in [2.75, 3.05) is 5.32 Å². The maximum absolute atomic E-state index is 13.3. The van der Waals surface area contributed by atoms with Gasteiger partial charge in [-0.3, -0.25) is 4.79 Å². The monoisotopic (exact) mass is 351 g/mol. The van der Waals surface area contributed by atoms with Crippen molar-refractivity contribution >= 4 is 23.6 Å². The van der Waals surface area contributed by atoms with Crippen molar-refractivity contribution in [1.29, 1.82) is 0 Å². The van der Waals surface area contributed by atoms with Gasteiger partial charge in [-0.25, -0.2) is 9.18 Å². The zero-order chi connectivity index (χ0) is 18.5. The van der Waals surface area contributed by atoms with E-state index in [9.17, 15) is 14.0 Å². The number of nitrogens with one attached hydrogen (secondary N) is 1. The number of carbonyl (C=O) groups is 2. The Bertz CT molecular complexity index is 991. The SMILES string of the molecule is O=C(O)/C=C/c1cccc(NC(=O)c2ccc(-c3cccc(F)c3)o2)c1. The van der Waals surface area contributed by atoms with Crippen molar-refractivity contribution in [2.45, 2.75) is 0 Å². The summed E-state index contributed by atoms with van der Waals surface area (Å²) < 4.78 is 18.8. The minimum atomic E-state index is -1.06. The third-order valence-electron chi connectivity index (χ3n) is 3.50. The minimum absolute atomic E-state index is 0.0794. The summed E-state index contributed by atoms with van der Waals surface area (Å²) in [6.45, 7) is 0. The van der Waals surface area contributed by atoms with Crippen LogP contribution in [0.5, 0.6) is 0 Å². The largest absolute Gasteiger partial charge is 0.478 e. The van der Waals surface area contributed by atoms with Crippen LogP contribution in [0.4, 0.5) is 10.1 Å². The second kappa shape index (κ2) is 7.48. The Morgan fingerprint density at radius 3 is 2.62 bits per heavy atom. The number of carboxylic acid groups (broad SMARTS) is 1. The van der Waals surface area contributed by atoms with Crippen LogP contribution in [0.2, 0.25) is 0 Å². The molecule has 3 rings (SSSR count). The summed E-state index contributed by atoms with van der Waals surface area (Å²) in [7, 11) is 0. The van der Waals surface area contributed by atoms with Crippen molar-refractivity contribution in [3.8, 4) is 11.3 Å². The Morgan fingerprint density at radius 1 is 1.04 bits per heavy atom. The van der Waals surface area contributed by atoms with Crippen molar-refractivity contribution in [3.05, 3.63) is 83.9 Å². The molecule has 5 nitrogen and oxygen atoms in total. The van der Waals surface area contributed by atoms with Crippen molar-refractivity contribution in [3.63, 3.8) is 0 Å². The molecule has 3 aromatic rings. The second-order valence-corrected chi connectivity index (χ2v) is 5.43. The van der Waals surface area contributed by atoms with Gasteiger partial charge in [0, 0.05) is 17.3 Å². The van der Waals surface area contributed by atoms with Crippen LogP contribution in [0.3, 0.4) is 0 Å².